The van der Waals surface area contributed by atoms with Crippen LogP contribution in [0.2, 0.25) is 0 Å². The predicted octanol–water partition coefficient (Wildman–Crippen LogP) is 0.103. The van der Waals surface area contributed by atoms with Gasteiger partial charge in [0.2, 0.25) is 0 Å². The fourth-order valence-electron chi connectivity index (χ4n) is 1.83. The molecule has 2 nitrogen and oxygen atoms in total. The maximum absolute atomic E-state index is 4.10. The first-order chi connectivity index (χ1) is 5.34. The third-order valence-corrected chi connectivity index (χ3v) is 2.92. The van der Waals surface area contributed by atoms with Crippen molar-refractivity contribution in [2.24, 2.45) is 5.92 Å². The van der Waals surface area contributed by atoms with Crippen LogP contribution in [-0.2, 0) is 0 Å². The summed E-state index contributed by atoms with van der Waals surface area (Å²) in [5.41, 5.74) is 4.10. The first kappa shape index (κ1) is 7.56. The third kappa shape index (κ3) is 2.17. The lowest BCUT2D eigenvalue weighted by atomic mass is 10.1. The van der Waals surface area contributed by atoms with Gasteiger partial charge >= 0.3 is 0 Å². The molecule has 2 fully saturated rings. The van der Waals surface area contributed by atoms with Gasteiger partial charge in [-0.2, -0.15) is 0 Å². The minimum absolute atomic E-state index is 0.741. The molecular weight excluding hydrogens is 136 g/mol. The van der Waals surface area contributed by atoms with Crippen LogP contribution in [0.4, 0.5) is 0 Å². The number of hydrogen-bond acceptors (Lipinski definition) is 1. The molecule has 0 unspecified atom stereocenters. The molecule has 0 spiro atoms. The second-order valence-electron chi connectivity index (χ2n) is 4.19. The Bertz CT molecular complexity index is 124. The van der Waals surface area contributed by atoms with Crippen molar-refractivity contribution in [2.45, 2.75) is 31.7 Å². The summed E-state index contributed by atoms with van der Waals surface area (Å²) in [5.74, 6) is 1.07. The van der Waals surface area contributed by atoms with Gasteiger partial charge in [0.25, 0.3) is 0 Å². The molecule has 1 aliphatic carbocycles. The van der Waals surface area contributed by atoms with Crippen molar-refractivity contribution in [3.05, 3.63) is 0 Å². The summed E-state index contributed by atoms with van der Waals surface area (Å²) in [5, 5.41) is 0. The fourth-order valence-corrected chi connectivity index (χ4v) is 1.83. The van der Waals surface area contributed by atoms with Gasteiger partial charge in [0.05, 0.1) is 6.04 Å². The van der Waals surface area contributed by atoms with Crippen LogP contribution < -0.4 is 5.73 Å². The maximum Gasteiger partial charge on any atom is 0.0868 e. The molecule has 0 aromatic carbocycles. The number of hydrogen-bond donors (Lipinski definition) is 1. The van der Waals surface area contributed by atoms with E-state index in [9.17, 15) is 0 Å². The zero-order chi connectivity index (χ0) is 7.68. The van der Waals surface area contributed by atoms with Crippen LogP contribution in [-0.4, -0.2) is 30.6 Å². The topological polar surface area (TPSA) is 30.9 Å². The Morgan fingerprint density at radius 3 is 2.27 bits per heavy atom. The molecule has 3 N–H and O–H groups in total. The van der Waals surface area contributed by atoms with Crippen molar-refractivity contribution in [2.75, 3.05) is 19.6 Å². The molecule has 2 aliphatic rings. The highest BCUT2D eigenvalue weighted by atomic mass is 15.1. The van der Waals surface area contributed by atoms with Gasteiger partial charge in [-0.25, -0.2) is 0 Å². The second-order valence-corrected chi connectivity index (χ2v) is 4.19. The summed E-state index contributed by atoms with van der Waals surface area (Å²) >= 11 is 0. The van der Waals surface area contributed by atoms with Gasteiger partial charge in [-0.05, 0) is 18.8 Å². The molecule has 64 valence electrons. The lowest BCUT2D eigenvalue weighted by molar-refractivity contribution is -0.426. The van der Waals surface area contributed by atoms with Gasteiger partial charge in [-0.15, -0.1) is 0 Å². The van der Waals surface area contributed by atoms with Gasteiger partial charge in [-0.1, -0.05) is 0 Å². The fraction of sp³-hybridized carbons (Fsp3) is 1.00. The second kappa shape index (κ2) is 3.11. The minimum Gasteiger partial charge on any atom is -0.355 e. The molecule has 0 radical (unpaired) electrons. The van der Waals surface area contributed by atoms with Gasteiger partial charge in [0, 0.05) is 32.5 Å². The van der Waals surface area contributed by atoms with Crippen molar-refractivity contribution in [1.29, 1.82) is 0 Å². The van der Waals surface area contributed by atoms with Gasteiger partial charge < -0.3 is 10.6 Å². The van der Waals surface area contributed by atoms with Crippen molar-refractivity contribution in [3.8, 4) is 0 Å². The van der Waals surface area contributed by atoms with Crippen LogP contribution in [0.1, 0.15) is 25.7 Å². The Morgan fingerprint density at radius 2 is 1.73 bits per heavy atom. The van der Waals surface area contributed by atoms with Crippen molar-refractivity contribution < 1.29 is 5.73 Å². The summed E-state index contributed by atoms with van der Waals surface area (Å²) in [6.07, 6.45) is 5.63. The predicted molar refractivity (Wildman–Crippen MR) is 45.1 cm³/mol. The molecule has 2 rings (SSSR count). The van der Waals surface area contributed by atoms with Crippen LogP contribution in [0, 0.1) is 5.92 Å². The number of nitrogens with zero attached hydrogens (tertiary/aromatic N) is 1. The van der Waals surface area contributed by atoms with E-state index in [1.807, 2.05) is 0 Å². The normalized spacial score (nSPS) is 29.2. The highest BCUT2D eigenvalue weighted by Crippen LogP contribution is 2.30. The van der Waals surface area contributed by atoms with Crippen molar-refractivity contribution in [3.63, 3.8) is 0 Å². The SMILES string of the molecule is [NH3+]C1CCN(CC2CC2)CC1. The van der Waals surface area contributed by atoms with Gasteiger partial charge in [0.1, 0.15) is 0 Å². The van der Waals surface area contributed by atoms with E-state index in [1.165, 1.54) is 45.3 Å². The molecule has 0 aromatic rings. The molecule has 1 saturated carbocycles. The number of rotatable bonds is 2. The van der Waals surface area contributed by atoms with E-state index < -0.39 is 0 Å². The highest BCUT2D eigenvalue weighted by Gasteiger charge is 2.26. The van der Waals surface area contributed by atoms with E-state index >= 15 is 0 Å². The van der Waals surface area contributed by atoms with E-state index in [4.69, 9.17) is 0 Å². The Hall–Kier alpha value is -0.0800. The average molecular weight is 155 g/mol. The summed E-state index contributed by atoms with van der Waals surface area (Å²) in [7, 11) is 0. The number of quaternary nitrogens is 1. The molecule has 1 heterocycles. The highest BCUT2D eigenvalue weighted by molar-refractivity contribution is 4.79. The largest absolute Gasteiger partial charge is 0.355 e. The van der Waals surface area contributed by atoms with Gasteiger partial charge in [-0.3, -0.25) is 0 Å². The summed E-state index contributed by atoms with van der Waals surface area (Å²) in [6, 6.07) is 0.741. The van der Waals surface area contributed by atoms with Crippen LogP contribution in [0.25, 0.3) is 0 Å². The van der Waals surface area contributed by atoms with Crippen LogP contribution in [0.5, 0.6) is 0 Å². The lowest BCUT2D eigenvalue weighted by Crippen LogP contribution is -2.64. The Balaban J connectivity index is 1.69. The zero-order valence-corrected chi connectivity index (χ0v) is 7.26. The third-order valence-electron chi connectivity index (χ3n) is 2.92. The monoisotopic (exact) mass is 155 g/mol. The van der Waals surface area contributed by atoms with Gasteiger partial charge in [0.15, 0.2) is 0 Å². The number of piperidine rings is 1. The average Bonchev–Trinajstić information content (AvgIpc) is 2.78. The first-order valence-corrected chi connectivity index (χ1v) is 4.90. The van der Waals surface area contributed by atoms with Crippen LogP contribution in [0.15, 0.2) is 0 Å². The quantitative estimate of drug-likeness (QED) is 0.602. The molecule has 2 heteroatoms. The molecular formula is C9H19N2+. The van der Waals surface area contributed by atoms with E-state index in [0.29, 0.717) is 0 Å². The summed E-state index contributed by atoms with van der Waals surface area (Å²) < 4.78 is 0. The van der Waals surface area contributed by atoms with E-state index in [0.717, 1.165) is 12.0 Å². The van der Waals surface area contributed by atoms with E-state index in [2.05, 4.69) is 10.6 Å². The molecule has 1 saturated heterocycles. The Labute approximate surface area is 68.7 Å². The molecule has 11 heavy (non-hydrogen) atoms. The lowest BCUT2D eigenvalue weighted by Gasteiger charge is -2.28. The standard InChI is InChI=1S/C9H18N2/c10-9-3-5-11(6-4-9)7-8-1-2-8/h8-9H,1-7,10H2/p+1. The minimum atomic E-state index is 0.741. The molecule has 0 amide bonds. The zero-order valence-electron chi connectivity index (χ0n) is 7.26. The Kier molecular flexibility index (Phi) is 2.14. The number of likely N-dealkylation sites (tertiary alicyclic amines) is 1. The van der Waals surface area contributed by atoms with E-state index in [1.54, 1.807) is 0 Å². The van der Waals surface area contributed by atoms with Crippen LogP contribution >= 0.6 is 0 Å². The molecule has 0 aromatic heterocycles. The smallest absolute Gasteiger partial charge is 0.0868 e. The molecule has 0 bridgehead atoms. The van der Waals surface area contributed by atoms with E-state index in [-0.39, 0.29) is 0 Å². The first-order valence-electron chi connectivity index (χ1n) is 4.90. The summed E-state index contributed by atoms with van der Waals surface area (Å²) in [6.45, 7) is 4.00. The van der Waals surface area contributed by atoms with Crippen molar-refractivity contribution in [1.82, 2.24) is 4.90 Å². The Morgan fingerprint density at radius 1 is 1.09 bits per heavy atom. The molecule has 0 atom stereocenters. The molecule has 1 aliphatic heterocycles. The van der Waals surface area contributed by atoms with Crippen molar-refractivity contribution >= 4 is 0 Å². The maximum atomic E-state index is 4.10. The van der Waals surface area contributed by atoms with Crippen LogP contribution in [0.3, 0.4) is 0 Å². The summed E-state index contributed by atoms with van der Waals surface area (Å²) in [4.78, 5) is 2.62.